The van der Waals surface area contributed by atoms with E-state index in [1.165, 1.54) is 6.42 Å². The highest BCUT2D eigenvalue weighted by Crippen LogP contribution is 2.51. The second-order valence-corrected chi connectivity index (χ2v) is 5.53. The Morgan fingerprint density at radius 1 is 1.29 bits per heavy atom. The third kappa shape index (κ3) is 1.05. The van der Waals surface area contributed by atoms with Crippen molar-refractivity contribution in [1.29, 1.82) is 0 Å². The van der Waals surface area contributed by atoms with E-state index < -0.39 is 0 Å². The number of carbonyl (C=O) groups excluding carboxylic acids is 1. The largest absolute Gasteiger partial charge is 0.382 e. The van der Waals surface area contributed by atoms with Gasteiger partial charge < -0.3 is 10.2 Å². The molecule has 0 radical (unpaired) electrons. The molecule has 3 aliphatic heterocycles. The Hall–Kier alpha value is -1.51. The highest BCUT2D eigenvalue weighted by Gasteiger charge is 2.58. The molecule has 2 saturated heterocycles. The second-order valence-electron chi connectivity index (χ2n) is 5.53. The summed E-state index contributed by atoms with van der Waals surface area (Å²) in [5, 5.41) is 3.44. The predicted molar refractivity (Wildman–Crippen MR) is 65.9 cm³/mol. The SMILES string of the molecule is C[C@H]1[C@@H]2C[C@H]1N1C(=O)c3ccccc3NCC21. The monoisotopic (exact) mass is 228 g/mol. The Morgan fingerprint density at radius 2 is 2.12 bits per heavy atom. The Morgan fingerprint density at radius 3 is 2.94 bits per heavy atom. The van der Waals surface area contributed by atoms with Crippen molar-refractivity contribution in [2.45, 2.75) is 25.4 Å². The summed E-state index contributed by atoms with van der Waals surface area (Å²) in [4.78, 5) is 14.7. The van der Waals surface area contributed by atoms with Gasteiger partial charge in [-0.05, 0) is 30.4 Å². The number of para-hydroxylation sites is 1. The molecule has 1 aromatic rings. The number of hydrogen-bond acceptors (Lipinski definition) is 2. The molecule has 2 bridgehead atoms. The van der Waals surface area contributed by atoms with Crippen molar-refractivity contribution in [1.82, 2.24) is 4.90 Å². The van der Waals surface area contributed by atoms with Gasteiger partial charge in [-0.2, -0.15) is 0 Å². The fraction of sp³-hybridized carbons (Fsp3) is 0.500. The fourth-order valence-electron chi connectivity index (χ4n) is 3.85. The lowest BCUT2D eigenvalue weighted by atomic mass is 9.73. The fourth-order valence-corrected chi connectivity index (χ4v) is 3.85. The van der Waals surface area contributed by atoms with Crippen LogP contribution in [0.4, 0.5) is 5.69 Å². The number of nitrogens with one attached hydrogen (secondary N) is 1. The quantitative estimate of drug-likeness (QED) is 0.736. The molecule has 1 unspecified atom stereocenters. The summed E-state index contributed by atoms with van der Waals surface area (Å²) in [7, 11) is 0. The summed E-state index contributed by atoms with van der Waals surface area (Å²) in [6.07, 6.45) is 1.21. The molecule has 88 valence electrons. The molecule has 1 N–H and O–H groups in total. The third-order valence-electron chi connectivity index (χ3n) is 4.90. The highest BCUT2D eigenvalue weighted by atomic mass is 16.2. The van der Waals surface area contributed by atoms with Crippen LogP contribution < -0.4 is 5.32 Å². The molecular formula is C14H16N2O. The van der Waals surface area contributed by atoms with Crippen LogP contribution in [0.2, 0.25) is 0 Å². The van der Waals surface area contributed by atoms with E-state index in [0.29, 0.717) is 23.9 Å². The minimum Gasteiger partial charge on any atom is -0.382 e. The first-order chi connectivity index (χ1) is 8.27. The number of amides is 1. The number of benzene rings is 1. The van der Waals surface area contributed by atoms with E-state index in [1.807, 2.05) is 24.3 Å². The molecule has 3 fully saturated rings. The minimum atomic E-state index is 0.229. The molecule has 17 heavy (non-hydrogen) atoms. The summed E-state index contributed by atoms with van der Waals surface area (Å²) >= 11 is 0. The van der Waals surface area contributed by atoms with Crippen molar-refractivity contribution < 1.29 is 4.79 Å². The van der Waals surface area contributed by atoms with Gasteiger partial charge in [0.15, 0.2) is 0 Å². The minimum absolute atomic E-state index is 0.229. The van der Waals surface area contributed by atoms with Gasteiger partial charge >= 0.3 is 0 Å². The van der Waals surface area contributed by atoms with E-state index in [0.717, 1.165) is 17.8 Å². The average Bonchev–Trinajstić information content (AvgIpc) is 2.83. The molecule has 3 heterocycles. The summed E-state index contributed by atoms with van der Waals surface area (Å²) in [5.74, 6) is 1.63. The standard InChI is InChI=1S/C14H16N2O/c1-8-10-6-12(8)16-13(10)7-15-11-5-3-2-4-9(11)14(16)17/h2-5,8,10,12-13,15H,6-7H2,1H3/t8-,10-,12+,13?/m0/s1. The molecule has 1 aliphatic carbocycles. The van der Waals surface area contributed by atoms with Crippen LogP contribution in [0, 0.1) is 11.8 Å². The molecule has 1 aromatic carbocycles. The van der Waals surface area contributed by atoms with Gasteiger partial charge in [0.05, 0.1) is 11.6 Å². The van der Waals surface area contributed by atoms with Crippen LogP contribution in [-0.2, 0) is 0 Å². The van der Waals surface area contributed by atoms with Crippen molar-refractivity contribution in [2.75, 3.05) is 11.9 Å². The highest BCUT2D eigenvalue weighted by molar-refractivity contribution is 6.01. The molecular weight excluding hydrogens is 212 g/mol. The van der Waals surface area contributed by atoms with E-state index in [2.05, 4.69) is 17.1 Å². The van der Waals surface area contributed by atoms with Gasteiger partial charge in [0.1, 0.15) is 0 Å². The second kappa shape index (κ2) is 3.03. The van der Waals surface area contributed by atoms with Gasteiger partial charge in [0, 0.05) is 18.3 Å². The van der Waals surface area contributed by atoms with E-state index >= 15 is 0 Å². The first kappa shape index (κ1) is 9.51. The zero-order chi connectivity index (χ0) is 11.6. The number of fused-ring (bicyclic) bond motifs is 1. The van der Waals surface area contributed by atoms with Gasteiger partial charge in [-0.15, -0.1) is 0 Å². The zero-order valence-corrected chi connectivity index (χ0v) is 9.89. The summed E-state index contributed by atoms with van der Waals surface area (Å²) < 4.78 is 0. The number of anilines is 1. The van der Waals surface area contributed by atoms with Crippen molar-refractivity contribution in [3.8, 4) is 0 Å². The molecule has 0 spiro atoms. The zero-order valence-electron chi connectivity index (χ0n) is 9.89. The summed E-state index contributed by atoms with van der Waals surface area (Å²) in [6, 6.07) is 8.78. The smallest absolute Gasteiger partial charge is 0.256 e. The molecule has 3 nitrogen and oxygen atoms in total. The molecule has 4 atom stereocenters. The summed E-state index contributed by atoms with van der Waals surface area (Å²) in [6.45, 7) is 3.20. The van der Waals surface area contributed by atoms with E-state index in [1.54, 1.807) is 0 Å². The number of carbonyl (C=O) groups is 1. The predicted octanol–water partition coefficient (Wildman–Crippen LogP) is 1.96. The number of hydrogen-bond donors (Lipinski definition) is 1. The van der Waals surface area contributed by atoms with Gasteiger partial charge in [-0.1, -0.05) is 19.1 Å². The lowest BCUT2D eigenvalue weighted by molar-refractivity contribution is 0.0686. The lowest BCUT2D eigenvalue weighted by Crippen LogP contribution is -2.40. The molecule has 0 aromatic heterocycles. The van der Waals surface area contributed by atoms with Crippen molar-refractivity contribution in [2.24, 2.45) is 11.8 Å². The van der Waals surface area contributed by atoms with Crippen LogP contribution in [0.5, 0.6) is 0 Å². The maximum atomic E-state index is 12.6. The summed E-state index contributed by atoms with van der Waals surface area (Å²) in [5.41, 5.74) is 1.84. The third-order valence-corrected chi connectivity index (χ3v) is 4.90. The normalized spacial score (nSPS) is 37.7. The number of nitrogens with zero attached hydrogens (tertiary/aromatic N) is 1. The molecule has 3 heteroatoms. The van der Waals surface area contributed by atoms with Crippen LogP contribution in [0.3, 0.4) is 0 Å². The van der Waals surface area contributed by atoms with E-state index in [-0.39, 0.29) is 5.91 Å². The van der Waals surface area contributed by atoms with E-state index in [9.17, 15) is 4.79 Å². The maximum absolute atomic E-state index is 12.6. The van der Waals surface area contributed by atoms with Gasteiger partial charge in [-0.25, -0.2) is 0 Å². The number of rotatable bonds is 0. The van der Waals surface area contributed by atoms with E-state index in [4.69, 9.17) is 0 Å². The first-order valence-corrected chi connectivity index (χ1v) is 6.43. The average molecular weight is 228 g/mol. The van der Waals surface area contributed by atoms with Crippen molar-refractivity contribution in [3.63, 3.8) is 0 Å². The maximum Gasteiger partial charge on any atom is 0.256 e. The van der Waals surface area contributed by atoms with Crippen LogP contribution >= 0.6 is 0 Å². The molecule has 4 aliphatic rings. The van der Waals surface area contributed by atoms with Gasteiger partial charge in [0.25, 0.3) is 5.91 Å². The Labute approximate surface area is 101 Å². The van der Waals surface area contributed by atoms with Crippen LogP contribution in [0.1, 0.15) is 23.7 Å². The van der Waals surface area contributed by atoms with Crippen molar-refractivity contribution in [3.05, 3.63) is 29.8 Å². The molecule has 5 rings (SSSR count). The lowest BCUT2D eigenvalue weighted by Gasteiger charge is -2.33. The Bertz CT molecular complexity index is 499. The van der Waals surface area contributed by atoms with Gasteiger partial charge in [0.2, 0.25) is 0 Å². The van der Waals surface area contributed by atoms with Gasteiger partial charge in [-0.3, -0.25) is 4.79 Å². The van der Waals surface area contributed by atoms with Crippen LogP contribution in [0.25, 0.3) is 0 Å². The van der Waals surface area contributed by atoms with Crippen LogP contribution in [0.15, 0.2) is 24.3 Å². The Balaban J connectivity index is 1.80. The molecule has 1 saturated carbocycles. The van der Waals surface area contributed by atoms with Crippen molar-refractivity contribution >= 4 is 11.6 Å². The Kier molecular flexibility index (Phi) is 1.70. The van der Waals surface area contributed by atoms with Crippen LogP contribution in [-0.4, -0.2) is 29.4 Å². The topological polar surface area (TPSA) is 32.3 Å². The molecule has 1 amide bonds. The first-order valence-electron chi connectivity index (χ1n) is 6.43.